The predicted octanol–water partition coefficient (Wildman–Crippen LogP) is 3.65. The molecule has 0 saturated heterocycles. The molecule has 1 aromatic carbocycles. The van der Waals surface area contributed by atoms with Crippen LogP contribution in [0.15, 0.2) is 24.4 Å². The van der Waals surface area contributed by atoms with E-state index >= 15 is 0 Å². The fourth-order valence-electron chi connectivity index (χ4n) is 3.33. The maximum absolute atomic E-state index is 5.43. The minimum atomic E-state index is 0.556. The topological polar surface area (TPSA) is 82.5 Å². The largest absolute Gasteiger partial charge is 0.493 e. The van der Waals surface area contributed by atoms with Crippen molar-refractivity contribution in [2.24, 2.45) is 5.92 Å². The average Bonchev–Trinajstić information content (AvgIpc) is 3.48. The van der Waals surface area contributed by atoms with E-state index in [1.807, 2.05) is 25.2 Å². The lowest BCUT2D eigenvalue weighted by atomic mass is 10.2. The molecule has 0 amide bonds. The Morgan fingerprint density at radius 3 is 2.36 bits per heavy atom. The molecule has 0 aliphatic heterocycles. The first-order valence-corrected chi connectivity index (χ1v) is 9.28. The Balaban J connectivity index is 1.70. The molecule has 8 heteroatoms. The van der Waals surface area contributed by atoms with Crippen LogP contribution in [0.25, 0.3) is 11.0 Å². The fraction of sp³-hybridized carbons (Fsp3) is 0.400. The zero-order valence-corrected chi connectivity index (χ0v) is 16.6. The molecule has 148 valence electrons. The number of hydrogen-bond donors (Lipinski definition) is 2. The number of benzene rings is 1. The van der Waals surface area contributed by atoms with E-state index in [1.165, 1.54) is 12.8 Å². The fourth-order valence-corrected chi connectivity index (χ4v) is 3.33. The molecule has 2 aromatic heterocycles. The first kappa shape index (κ1) is 18.2. The van der Waals surface area contributed by atoms with Gasteiger partial charge < -0.3 is 29.4 Å². The molecule has 2 N–H and O–H groups in total. The van der Waals surface area contributed by atoms with Crippen molar-refractivity contribution in [3.05, 3.63) is 24.4 Å². The summed E-state index contributed by atoms with van der Waals surface area (Å²) in [6.45, 7) is 0.973. The number of imidazole rings is 1. The Hall–Kier alpha value is -3.16. The van der Waals surface area contributed by atoms with E-state index in [9.17, 15) is 0 Å². The van der Waals surface area contributed by atoms with Gasteiger partial charge in [-0.2, -0.15) is 0 Å². The van der Waals surface area contributed by atoms with Gasteiger partial charge in [-0.1, -0.05) is 0 Å². The van der Waals surface area contributed by atoms with Gasteiger partial charge in [0.05, 0.1) is 33.0 Å². The van der Waals surface area contributed by atoms with Crippen LogP contribution in [-0.2, 0) is 6.54 Å². The second-order valence-electron chi connectivity index (χ2n) is 6.84. The second-order valence-corrected chi connectivity index (χ2v) is 6.84. The zero-order valence-electron chi connectivity index (χ0n) is 16.6. The van der Waals surface area contributed by atoms with Crippen molar-refractivity contribution in [2.75, 3.05) is 39.0 Å². The Labute approximate surface area is 163 Å². The maximum Gasteiger partial charge on any atom is 0.203 e. The summed E-state index contributed by atoms with van der Waals surface area (Å²) in [5, 5.41) is 6.52. The molecule has 4 rings (SSSR count). The van der Waals surface area contributed by atoms with E-state index in [-0.39, 0.29) is 0 Å². The van der Waals surface area contributed by atoms with Crippen molar-refractivity contribution in [1.82, 2.24) is 14.5 Å². The maximum atomic E-state index is 5.43. The van der Waals surface area contributed by atoms with Crippen LogP contribution < -0.4 is 24.8 Å². The van der Waals surface area contributed by atoms with E-state index in [0.29, 0.717) is 17.2 Å². The third-order valence-electron chi connectivity index (χ3n) is 4.93. The highest BCUT2D eigenvalue weighted by Gasteiger charge is 2.24. The van der Waals surface area contributed by atoms with Gasteiger partial charge in [0, 0.05) is 37.5 Å². The predicted molar refractivity (Wildman–Crippen MR) is 109 cm³/mol. The van der Waals surface area contributed by atoms with Gasteiger partial charge in [-0.15, -0.1) is 0 Å². The number of nitrogens with one attached hydrogen (secondary N) is 2. The number of rotatable bonds is 8. The van der Waals surface area contributed by atoms with E-state index in [4.69, 9.17) is 14.2 Å². The van der Waals surface area contributed by atoms with Gasteiger partial charge in [0.1, 0.15) is 11.3 Å². The molecule has 0 atom stereocenters. The van der Waals surface area contributed by atoms with Gasteiger partial charge in [-0.05, 0) is 18.8 Å². The van der Waals surface area contributed by atoms with Crippen LogP contribution in [0.1, 0.15) is 12.8 Å². The first-order chi connectivity index (χ1) is 13.7. The normalized spacial score (nSPS) is 13.4. The van der Waals surface area contributed by atoms with Gasteiger partial charge in [0.25, 0.3) is 0 Å². The summed E-state index contributed by atoms with van der Waals surface area (Å²) in [5.74, 6) is 4.06. The Kier molecular flexibility index (Phi) is 4.85. The van der Waals surface area contributed by atoms with Gasteiger partial charge in [0.15, 0.2) is 11.5 Å². The quantitative estimate of drug-likeness (QED) is 0.614. The smallest absolute Gasteiger partial charge is 0.203 e. The lowest BCUT2D eigenvalue weighted by molar-refractivity contribution is 0.324. The number of hydrogen-bond acceptors (Lipinski definition) is 7. The molecule has 1 aliphatic rings. The molecule has 3 aromatic rings. The summed E-state index contributed by atoms with van der Waals surface area (Å²) in [6, 6.07) is 5.73. The van der Waals surface area contributed by atoms with E-state index in [2.05, 4.69) is 25.2 Å². The Morgan fingerprint density at radius 1 is 1.07 bits per heavy atom. The standard InChI is InChI=1S/C20H25N5O3/c1-21-20-24-14-10-22-18(9-15(14)25(20)11-12-5-6-12)23-13-7-16(26-2)19(28-4)17(8-13)27-3/h7-10,12H,5-6,11H2,1-4H3,(H,21,24)(H,22,23). The average molecular weight is 383 g/mol. The molecular weight excluding hydrogens is 358 g/mol. The highest BCUT2D eigenvalue weighted by Crippen LogP contribution is 2.40. The lowest BCUT2D eigenvalue weighted by Gasteiger charge is -2.15. The van der Waals surface area contributed by atoms with Crippen molar-refractivity contribution in [3.63, 3.8) is 0 Å². The molecule has 1 aliphatic carbocycles. The summed E-state index contributed by atoms with van der Waals surface area (Å²) in [4.78, 5) is 9.15. The molecule has 0 radical (unpaired) electrons. The number of aromatic nitrogens is 3. The van der Waals surface area contributed by atoms with Crippen LogP contribution in [0.5, 0.6) is 17.2 Å². The van der Waals surface area contributed by atoms with Crippen molar-refractivity contribution in [2.45, 2.75) is 19.4 Å². The summed E-state index contributed by atoms with van der Waals surface area (Å²) in [5.41, 5.74) is 2.73. The number of pyridine rings is 1. The summed E-state index contributed by atoms with van der Waals surface area (Å²) >= 11 is 0. The van der Waals surface area contributed by atoms with Gasteiger partial charge in [-0.25, -0.2) is 9.97 Å². The van der Waals surface area contributed by atoms with E-state index < -0.39 is 0 Å². The van der Waals surface area contributed by atoms with Gasteiger partial charge >= 0.3 is 0 Å². The Bertz CT molecular complexity index is 972. The number of nitrogens with zero attached hydrogens (tertiary/aromatic N) is 3. The van der Waals surface area contributed by atoms with E-state index in [1.54, 1.807) is 27.5 Å². The van der Waals surface area contributed by atoms with Crippen molar-refractivity contribution in [1.29, 1.82) is 0 Å². The summed E-state index contributed by atoms with van der Waals surface area (Å²) in [6.07, 6.45) is 4.36. The van der Waals surface area contributed by atoms with Crippen LogP contribution in [0.2, 0.25) is 0 Å². The summed E-state index contributed by atoms with van der Waals surface area (Å²) < 4.78 is 18.5. The highest BCUT2D eigenvalue weighted by atomic mass is 16.5. The highest BCUT2D eigenvalue weighted by molar-refractivity contribution is 5.81. The van der Waals surface area contributed by atoms with Crippen LogP contribution in [0, 0.1) is 5.92 Å². The second kappa shape index (κ2) is 7.46. The van der Waals surface area contributed by atoms with Gasteiger partial charge in [0.2, 0.25) is 11.7 Å². The third kappa shape index (κ3) is 3.37. The third-order valence-corrected chi connectivity index (χ3v) is 4.93. The number of methoxy groups -OCH3 is 3. The number of anilines is 3. The van der Waals surface area contributed by atoms with Crippen LogP contribution >= 0.6 is 0 Å². The van der Waals surface area contributed by atoms with Crippen LogP contribution in [-0.4, -0.2) is 42.9 Å². The minimum absolute atomic E-state index is 0.556. The molecule has 0 spiro atoms. The monoisotopic (exact) mass is 383 g/mol. The minimum Gasteiger partial charge on any atom is -0.493 e. The number of fused-ring (bicyclic) bond motifs is 1. The zero-order chi connectivity index (χ0) is 19.7. The molecule has 1 saturated carbocycles. The lowest BCUT2D eigenvalue weighted by Crippen LogP contribution is -2.05. The molecular formula is C20H25N5O3. The van der Waals surface area contributed by atoms with Crippen molar-refractivity contribution < 1.29 is 14.2 Å². The van der Waals surface area contributed by atoms with Crippen LogP contribution in [0.4, 0.5) is 17.5 Å². The van der Waals surface area contributed by atoms with Crippen LogP contribution in [0.3, 0.4) is 0 Å². The van der Waals surface area contributed by atoms with Crippen molar-refractivity contribution >= 4 is 28.5 Å². The number of ether oxygens (including phenoxy) is 3. The SMILES string of the molecule is CNc1nc2cnc(Nc3cc(OC)c(OC)c(OC)c3)cc2n1CC1CC1. The first-order valence-electron chi connectivity index (χ1n) is 9.28. The van der Waals surface area contributed by atoms with Gasteiger partial charge in [-0.3, -0.25) is 0 Å². The molecule has 1 fully saturated rings. The molecule has 0 bridgehead atoms. The molecule has 28 heavy (non-hydrogen) atoms. The molecule has 8 nitrogen and oxygen atoms in total. The molecule has 0 unspecified atom stereocenters. The summed E-state index contributed by atoms with van der Waals surface area (Å²) in [7, 11) is 6.68. The van der Waals surface area contributed by atoms with Crippen molar-refractivity contribution in [3.8, 4) is 17.2 Å². The molecule has 2 heterocycles. The Morgan fingerprint density at radius 2 is 1.79 bits per heavy atom. The van der Waals surface area contributed by atoms with E-state index in [0.717, 1.165) is 40.9 Å².